The third kappa shape index (κ3) is 3.69. The molecule has 7 rings (SSSR count). The molecule has 0 aliphatic heterocycles. The molecule has 2 unspecified atom stereocenters. The molecule has 4 saturated carbocycles. The summed E-state index contributed by atoms with van der Waals surface area (Å²) in [7, 11) is 0. The van der Waals surface area contributed by atoms with Crippen molar-refractivity contribution in [3.63, 3.8) is 0 Å². The standard InChI is InChI=1S/C23H23BrClFN6O/c24-21-27-13-32(30-21)23-9-14-5-15(10-23)8-22(7-14,12-23)20(33)28-19-3-4-31(29-19)11-16-1-2-17(26)6-18(16)25/h1-4,6,13-15H,5,7-12H2,(H,28,29,33). The summed E-state index contributed by atoms with van der Waals surface area (Å²) >= 11 is 9.52. The van der Waals surface area contributed by atoms with Gasteiger partial charge in [-0.15, -0.1) is 5.10 Å². The molecule has 4 aliphatic carbocycles. The lowest BCUT2D eigenvalue weighted by molar-refractivity contribution is -0.150. The summed E-state index contributed by atoms with van der Waals surface area (Å²) in [5.74, 6) is 1.25. The second kappa shape index (κ2) is 7.63. The highest BCUT2D eigenvalue weighted by atomic mass is 79.9. The zero-order chi connectivity index (χ0) is 22.8. The molecule has 2 aromatic heterocycles. The van der Waals surface area contributed by atoms with Gasteiger partial charge in [-0.2, -0.15) is 5.10 Å². The van der Waals surface area contributed by atoms with Gasteiger partial charge in [0, 0.05) is 17.3 Å². The first-order valence-electron chi connectivity index (χ1n) is 11.2. The average molecular weight is 534 g/mol. The first-order valence-corrected chi connectivity index (χ1v) is 12.4. The quantitative estimate of drug-likeness (QED) is 0.500. The zero-order valence-corrected chi connectivity index (χ0v) is 20.2. The molecule has 4 fully saturated rings. The second-order valence-corrected chi connectivity index (χ2v) is 11.1. The van der Waals surface area contributed by atoms with Gasteiger partial charge < -0.3 is 5.32 Å². The fourth-order valence-electron chi connectivity index (χ4n) is 6.81. The fraction of sp³-hybridized carbons (Fsp3) is 0.478. The predicted octanol–water partition coefficient (Wildman–Crippen LogP) is 5.01. The van der Waals surface area contributed by atoms with Gasteiger partial charge in [-0.05, 0) is 84.0 Å². The van der Waals surface area contributed by atoms with Crippen molar-refractivity contribution in [3.05, 3.63) is 57.9 Å². The van der Waals surface area contributed by atoms with Crippen LogP contribution in [0.25, 0.3) is 0 Å². The van der Waals surface area contributed by atoms with E-state index in [4.69, 9.17) is 11.6 Å². The van der Waals surface area contributed by atoms with Crippen molar-refractivity contribution in [1.29, 1.82) is 0 Å². The third-order valence-electron chi connectivity index (χ3n) is 7.69. The van der Waals surface area contributed by atoms with Gasteiger partial charge in [0.25, 0.3) is 0 Å². The van der Waals surface area contributed by atoms with Gasteiger partial charge in [0.1, 0.15) is 12.1 Å². The van der Waals surface area contributed by atoms with Crippen LogP contribution in [0.15, 0.2) is 41.5 Å². The molecule has 4 aliphatic rings. The van der Waals surface area contributed by atoms with Crippen LogP contribution in [0.4, 0.5) is 10.2 Å². The van der Waals surface area contributed by atoms with Gasteiger partial charge in [-0.3, -0.25) is 9.48 Å². The van der Waals surface area contributed by atoms with E-state index in [2.05, 4.69) is 36.4 Å². The monoisotopic (exact) mass is 532 g/mol. The molecule has 7 nitrogen and oxygen atoms in total. The maximum absolute atomic E-state index is 13.6. The number of amides is 1. The molecule has 33 heavy (non-hydrogen) atoms. The van der Waals surface area contributed by atoms with Crippen LogP contribution in [-0.4, -0.2) is 30.5 Å². The number of nitrogens with one attached hydrogen (secondary N) is 1. The van der Waals surface area contributed by atoms with Crippen molar-refractivity contribution < 1.29 is 9.18 Å². The zero-order valence-electron chi connectivity index (χ0n) is 17.8. The summed E-state index contributed by atoms with van der Waals surface area (Å²) in [6, 6.07) is 6.11. The Hall–Kier alpha value is -2.26. The SMILES string of the molecule is O=C(Nc1ccn(Cc2ccc(F)cc2Cl)n1)C12CC3CC(C1)CC(n1cnc(Br)n1)(C3)C2. The van der Waals surface area contributed by atoms with E-state index in [1.807, 2.05) is 4.68 Å². The topological polar surface area (TPSA) is 77.6 Å². The number of hydrogen-bond donors (Lipinski definition) is 1. The highest BCUT2D eigenvalue weighted by Crippen LogP contribution is 2.64. The van der Waals surface area contributed by atoms with Crippen molar-refractivity contribution >= 4 is 39.3 Å². The average Bonchev–Trinajstić information content (AvgIpc) is 3.38. The predicted molar refractivity (Wildman–Crippen MR) is 124 cm³/mol. The molecule has 3 aromatic rings. The molecule has 1 N–H and O–H groups in total. The first-order chi connectivity index (χ1) is 15.8. The van der Waals surface area contributed by atoms with Crippen LogP contribution in [0.3, 0.4) is 0 Å². The number of aromatic nitrogens is 5. The molecule has 172 valence electrons. The minimum atomic E-state index is -0.410. The Morgan fingerprint density at radius 3 is 2.70 bits per heavy atom. The number of carbonyl (C=O) groups excluding carboxylic acids is 1. The number of hydrogen-bond acceptors (Lipinski definition) is 4. The summed E-state index contributed by atoms with van der Waals surface area (Å²) < 4.78 is 17.6. The molecular formula is C23H23BrClFN6O. The lowest BCUT2D eigenvalue weighted by Crippen LogP contribution is -2.60. The van der Waals surface area contributed by atoms with Gasteiger partial charge in [-0.1, -0.05) is 17.7 Å². The van der Waals surface area contributed by atoms with Gasteiger partial charge in [0.05, 0.1) is 17.5 Å². The highest BCUT2D eigenvalue weighted by Gasteiger charge is 2.61. The van der Waals surface area contributed by atoms with Crippen LogP contribution in [0.5, 0.6) is 0 Å². The molecule has 0 spiro atoms. The summed E-state index contributed by atoms with van der Waals surface area (Å²) in [5.41, 5.74) is 0.215. The van der Waals surface area contributed by atoms with E-state index in [1.54, 1.807) is 29.3 Å². The van der Waals surface area contributed by atoms with Gasteiger partial charge in [-0.25, -0.2) is 14.1 Å². The number of carbonyl (C=O) groups is 1. The molecular weight excluding hydrogens is 511 g/mol. The number of rotatable bonds is 5. The molecule has 1 amide bonds. The lowest BCUT2D eigenvalue weighted by atomic mass is 9.46. The molecule has 2 heterocycles. The van der Waals surface area contributed by atoms with Crippen LogP contribution in [-0.2, 0) is 16.9 Å². The van der Waals surface area contributed by atoms with E-state index in [-0.39, 0.29) is 17.3 Å². The van der Waals surface area contributed by atoms with Crippen molar-refractivity contribution in [2.75, 3.05) is 5.32 Å². The van der Waals surface area contributed by atoms with Crippen LogP contribution >= 0.6 is 27.5 Å². The van der Waals surface area contributed by atoms with Gasteiger partial charge >= 0.3 is 0 Å². The van der Waals surface area contributed by atoms with Crippen molar-refractivity contribution in [3.8, 4) is 0 Å². The maximum Gasteiger partial charge on any atom is 0.231 e. The third-order valence-corrected chi connectivity index (χ3v) is 8.41. The number of halogens is 3. The minimum Gasteiger partial charge on any atom is -0.309 e. The Labute approximate surface area is 203 Å². The van der Waals surface area contributed by atoms with E-state index in [1.165, 1.54) is 18.6 Å². The molecule has 0 saturated heterocycles. The Bertz CT molecular complexity index is 1230. The van der Waals surface area contributed by atoms with Crippen molar-refractivity contribution in [2.45, 2.75) is 50.6 Å². The van der Waals surface area contributed by atoms with Crippen molar-refractivity contribution in [1.82, 2.24) is 24.5 Å². The van der Waals surface area contributed by atoms with E-state index in [9.17, 15) is 9.18 Å². The Morgan fingerprint density at radius 1 is 1.21 bits per heavy atom. The van der Waals surface area contributed by atoms with E-state index in [0.717, 1.165) is 37.7 Å². The van der Waals surface area contributed by atoms with Crippen LogP contribution in [0, 0.1) is 23.1 Å². The number of benzene rings is 1. The fourth-order valence-corrected chi connectivity index (χ4v) is 7.30. The van der Waals surface area contributed by atoms with Crippen LogP contribution in [0.2, 0.25) is 5.02 Å². The summed E-state index contributed by atoms with van der Waals surface area (Å²) in [4.78, 5) is 17.9. The molecule has 10 heteroatoms. The molecule has 2 atom stereocenters. The van der Waals surface area contributed by atoms with Gasteiger partial charge in [0.2, 0.25) is 10.6 Å². The van der Waals surface area contributed by atoms with Crippen LogP contribution < -0.4 is 5.32 Å². The lowest BCUT2D eigenvalue weighted by Gasteiger charge is -2.60. The highest BCUT2D eigenvalue weighted by molar-refractivity contribution is 9.10. The summed E-state index contributed by atoms with van der Waals surface area (Å²) in [5, 5.41) is 12.5. The van der Waals surface area contributed by atoms with Crippen molar-refractivity contribution in [2.24, 2.45) is 17.3 Å². The molecule has 4 bridgehead atoms. The Morgan fingerprint density at radius 2 is 2.00 bits per heavy atom. The number of nitrogens with zero attached hydrogens (tertiary/aromatic N) is 5. The largest absolute Gasteiger partial charge is 0.309 e. The van der Waals surface area contributed by atoms with E-state index < -0.39 is 5.41 Å². The minimum absolute atomic E-state index is 0.0465. The van der Waals surface area contributed by atoms with Gasteiger partial charge in [0.15, 0.2) is 5.82 Å². The number of anilines is 1. The second-order valence-electron chi connectivity index (χ2n) is 10.0. The Kier molecular flexibility index (Phi) is 4.92. The van der Waals surface area contributed by atoms with E-state index >= 15 is 0 Å². The molecule has 1 aromatic carbocycles. The maximum atomic E-state index is 13.6. The van der Waals surface area contributed by atoms with E-state index in [0.29, 0.717) is 34.0 Å². The first kappa shape index (κ1) is 21.3. The Balaban J connectivity index is 1.21. The smallest absolute Gasteiger partial charge is 0.231 e. The summed E-state index contributed by atoms with van der Waals surface area (Å²) in [6.07, 6.45) is 9.51. The summed E-state index contributed by atoms with van der Waals surface area (Å²) in [6.45, 7) is 0.397. The van der Waals surface area contributed by atoms with Crippen LogP contribution in [0.1, 0.15) is 44.1 Å². The normalized spacial score (nSPS) is 30.0. The molecule has 0 radical (unpaired) electrons.